The maximum absolute atomic E-state index is 11.7. The number of hydrogen-bond acceptors (Lipinski definition) is 5. The number of hydrogen-bond donors (Lipinski definition) is 0. The van der Waals surface area contributed by atoms with Gasteiger partial charge in [-0.2, -0.15) is 0 Å². The van der Waals surface area contributed by atoms with Crippen LogP contribution in [0.3, 0.4) is 0 Å². The molecule has 0 aliphatic heterocycles. The molecular formula is C8H17O5P. The maximum atomic E-state index is 11.7. The average molecular weight is 224 g/mol. The summed E-state index contributed by atoms with van der Waals surface area (Å²) in [5, 5.41) is 0. The maximum Gasteiger partial charge on any atom is 0.399 e. The van der Waals surface area contributed by atoms with Crippen molar-refractivity contribution in [2.45, 2.75) is 20.8 Å². The molecule has 0 atom stereocenters. The molecule has 0 aromatic rings. The summed E-state index contributed by atoms with van der Waals surface area (Å²) >= 11 is 0. The lowest BCUT2D eigenvalue weighted by Crippen LogP contribution is -2.13. The van der Waals surface area contributed by atoms with E-state index in [2.05, 4.69) is 0 Å². The minimum atomic E-state index is -3.60. The van der Waals surface area contributed by atoms with Gasteiger partial charge in [-0.1, -0.05) is 0 Å². The Morgan fingerprint density at radius 2 is 1.57 bits per heavy atom. The van der Waals surface area contributed by atoms with E-state index < -0.39 is 13.1 Å². The predicted molar refractivity (Wildman–Crippen MR) is 52.4 cm³/mol. The van der Waals surface area contributed by atoms with Gasteiger partial charge in [-0.25, -0.2) is 0 Å². The molecule has 0 unspecified atom stereocenters. The van der Waals surface area contributed by atoms with Crippen LogP contribution >= 0.6 is 7.60 Å². The Balaban J connectivity index is 4.31. The van der Waals surface area contributed by atoms with Crippen molar-refractivity contribution < 1.29 is 23.1 Å². The molecule has 0 aliphatic rings. The van der Waals surface area contributed by atoms with Crippen LogP contribution < -0.4 is 0 Å². The van der Waals surface area contributed by atoms with E-state index in [-0.39, 0.29) is 19.8 Å². The summed E-state index contributed by atoms with van der Waals surface area (Å²) in [4.78, 5) is 11.4. The van der Waals surface area contributed by atoms with Crippen molar-refractivity contribution in [1.82, 2.24) is 0 Å². The van der Waals surface area contributed by atoms with Gasteiger partial charge in [0.2, 0.25) is 0 Å². The van der Waals surface area contributed by atoms with Crippen LogP contribution in [0.2, 0.25) is 0 Å². The summed E-state index contributed by atoms with van der Waals surface area (Å²) in [6, 6.07) is 0. The van der Waals surface area contributed by atoms with Crippen molar-refractivity contribution in [3.8, 4) is 0 Å². The fourth-order valence-electron chi connectivity index (χ4n) is 0.790. The first kappa shape index (κ1) is 13.8. The molecule has 84 valence electrons. The van der Waals surface area contributed by atoms with Gasteiger partial charge in [0.1, 0.15) is 6.61 Å². The molecule has 6 heteroatoms. The van der Waals surface area contributed by atoms with Crippen molar-refractivity contribution in [2.24, 2.45) is 0 Å². The summed E-state index contributed by atoms with van der Waals surface area (Å²) < 4.78 is 26.3. The van der Waals surface area contributed by atoms with Crippen LogP contribution in [0.25, 0.3) is 0 Å². The highest BCUT2D eigenvalue weighted by Crippen LogP contribution is 2.48. The molecule has 0 N–H and O–H groups in total. The van der Waals surface area contributed by atoms with Crippen LogP contribution in [-0.2, 0) is 23.1 Å². The third-order valence-electron chi connectivity index (χ3n) is 1.33. The molecule has 0 aliphatic carbocycles. The normalized spacial score (nSPS) is 11.6. The standard InChI is InChI=1S/C8H17O5P/c1-4-11-7-8(9)14(10,12-5-2)13-6-3/h4-7H2,1-3H3. The molecule has 0 fully saturated rings. The Hall–Kier alpha value is -0.220. The number of rotatable bonds is 8. The second kappa shape index (κ2) is 7.12. The van der Waals surface area contributed by atoms with E-state index in [1.165, 1.54) is 0 Å². The molecule has 0 aromatic heterocycles. The van der Waals surface area contributed by atoms with Crippen molar-refractivity contribution in [2.75, 3.05) is 26.4 Å². The smallest absolute Gasteiger partial charge is 0.373 e. The zero-order valence-corrected chi connectivity index (χ0v) is 9.71. The van der Waals surface area contributed by atoms with E-state index in [9.17, 15) is 9.36 Å². The third kappa shape index (κ3) is 4.33. The van der Waals surface area contributed by atoms with E-state index >= 15 is 0 Å². The van der Waals surface area contributed by atoms with Gasteiger partial charge >= 0.3 is 7.60 Å². The Kier molecular flexibility index (Phi) is 7.01. The first-order valence-electron chi connectivity index (χ1n) is 4.61. The summed E-state index contributed by atoms with van der Waals surface area (Å²) in [7, 11) is -3.60. The Morgan fingerprint density at radius 1 is 1.07 bits per heavy atom. The van der Waals surface area contributed by atoms with Gasteiger partial charge in [-0.15, -0.1) is 0 Å². The van der Waals surface area contributed by atoms with E-state index in [4.69, 9.17) is 13.8 Å². The summed E-state index contributed by atoms with van der Waals surface area (Å²) in [6.07, 6.45) is 0. The lowest BCUT2D eigenvalue weighted by atomic mass is 10.8. The van der Waals surface area contributed by atoms with Crippen LogP contribution in [0.15, 0.2) is 0 Å². The molecule has 0 saturated heterocycles. The molecule has 0 saturated carbocycles. The van der Waals surface area contributed by atoms with Gasteiger partial charge in [0.05, 0.1) is 13.2 Å². The Morgan fingerprint density at radius 3 is 1.93 bits per heavy atom. The molecule has 0 spiro atoms. The molecule has 0 aromatic carbocycles. The van der Waals surface area contributed by atoms with Gasteiger partial charge in [-0.05, 0) is 20.8 Å². The van der Waals surface area contributed by atoms with Crippen molar-refractivity contribution in [3.05, 3.63) is 0 Å². The van der Waals surface area contributed by atoms with Crippen LogP contribution in [0.5, 0.6) is 0 Å². The van der Waals surface area contributed by atoms with E-state index in [0.717, 1.165) is 0 Å². The lowest BCUT2D eigenvalue weighted by Gasteiger charge is -2.14. The topological polar surface area (TPSA) is 61.8 Å². The quantitative estimate of drug-likeness (QED) is 0.588. The van der Waals surface area contributed by atoms with Crippen LogP contribution in [0, 0.1) is 0 Å². The van der Waals surface area contributed by atoms with Crippen LogP contribution in [-0.4, -0.2) is 32.0 Å². The zero-order valence-electron chi connectivity index (χ0n) is 8.82. The first-order chi connectivity index (χ1) is 6.60. The summed E-state index contributed by atoms with van der Waals surface area (Å²) in [6.45, 7) is 5.57. The highest BCUT2D eigenvalue weighted by atomic mass is 31.2. The number of carbonyl (C=O) groups is 1. The highest BCUT2D eigenvalue weighted by Gasteiger charge is 2.33. The monoisotopic (exact) mass is 224 g/mol. The number of ether oxygens (including phenoxy) is 1. The molecule has 0 rings (SSSR count). The molecule has 0 amide bonds. The summed E-state index contributed by atoms with van der Waals surface area (Å²) in [5.74, 6) is 0. The predicted octanol–water partition coefficient (Wildman–Crippen LogP) is 1.82. The van der Waals surface area contributed by atoms with E-state index in [1.54, 1.807) is 20.8 Å². The Labute approximate surface area is 84.3 Å². The van der Waals surface area contributed by atoms with Gasteiger partial charge in [0, 0.05) is 6.61 Å². The lowest BCUT2D eigenvalue weighted by molar-refractivity contribution is -0.118. The average Bonchev–Trinajstić information content (AvgIpc) is 2.15. The Bertz CT molecular complexity index is 206. The number of carbonyl (C=O) groups excluding carboxylic acids is 1. The molecule has 0 heterocycles. The highest BCUT2D eigenvalue weighted by molar-refractivity contribution is 7.71. The van der Waals surface area contributed by atoms with Crippen LogP contribution in [0.1, 0.15) is 20.8 Å². The van der Waals surface area contributed by atoms with E-state index in [1.807, 2.05) is 0 Å². The largest absolute Gasteiger partial charge is 0.399 e. The fraction of sp³-hybridized carbons (Fsp3) is 0.875. The zero-order chi connectivity index (χ0) is 11.0. The van der Waals surface area contributed by atoms with Crippen molar-refractivity contribution in [3.63, 3.8) is 0 Å². The molecule has 0 bridgehead atoms. The van der Waals surface area contributed by atoms with Gasteiger partial charge in [0.25, 0.3) is 5.52 Å². The molecular weight excluding hydrogens is 207 g/mol. The van der Waals surface area contributed by atoms with E-state index in [0.29, 0.717) is 6.61 Å². The molecule has 5 nitrogen and oxygen atoms in total. The third-order valence-corrected chi connectivity index (χ3v) is 3.27. The van der Waals surface area contributed by atoms with Gasteiger partial charge in [0.15, 0.2) is 0 Å². The molecule has 14 heavy (non-hydrogen) atoms. The van der Waals surface area contributed by atoms with Gasteiger partial charge < -0.3 is 13.8 Å². The van der Waals surface area contributed by atoms with Crippen molar-refractivity contribution >= 4 is 13.1 Å². The first-order valence-corrected chi connectivity index (χ1v) is 6.15. The minimum Gasteiger partial charge on any atom is -0.373 e. The second-order valence-electron chi connectivity index (χ2n) is 2.36. The minimum absolute atomic E-state index is 0.176. The van der Waals surface area contributed by atoms with Crippen molar-refractivity contribution in [1.29, 1.82) is 0 Å². The summed E-state index contributed by atoms with van der Waals surface area (Å²) in [5.41, 5.74) is -0.622. The molecule has 0 radical (unpaired) electrons. The SMILES string of the molecule is CCOCC(=O)P(=O)(OCC)OCC. The second-order valence-corrected chi connectivity index (χ2v) is 4.37. The van der Waals surface area contributed by atoms with Crippen LogP contribution in [0.4, 0.5) is 0 Å². The fourth-order valence-corrected chi connectivity index (χ4v) is 2.08. The van der Waals surface area contributed by atoms with Gasteiger partial charge in [-0.3, -0.25) is 9.36 Å².